The molecule has 0 fully saturated rings. The van der Waals surface area contributed by atoms with Crippen LogP contribution in [0.4, 0.5) is 0 Å². The Balaban J connectivity index is 2.10. The Kier molecular flexibility index (Phi) is 4.77. The lowest BCUT2D eigenvalue weighted by atomic mass is 10.1. The first-order chi connectivity index (χ1) is 9.70. The third-order valence-electron chi connectivity index (χ3n) is 2.93. The summed E-state index contributed by atoms with van der Waals surface area (Å²) in [4.78, 5) is 11.7. The molecule has 104 valence electrons. The lowest BCUT2D eigenvalue weighted by Crippen LogP contribution is -2.06. The first-order valence-corrected chi connectivity index (χ1v) is 6.69. The molecular weight excluding hydrogens is 252 g/mol. The zero-order valence-corrected chi connectivity index (χ0v) is 11.7. The maximum Gasteiger partial charge on any atom is 0.338 e. The number of hydrogen-bond donors (Lipinski definition) is 0. The minimum absolute atomic E-state index is 0.0753. The highest BCUT2D eigenvalue weighted by atomic mass is 16.5. The highest BCUT2D eigenvalue weighted by molar-refractivity contribution is 5.89. The Morgan fingerprint density at radius 3 is 2.55 bits per heavy atom. The van der Waals surface area contributed by atoms with Gasteiger partial charge in [-0.2, -0.15) is 0 Å². The first-order valence-electron chi connectivity index (χ1n) is 6.69. The van der Waals surface area contributed by atoms with Crippen LogP contribution < -0.4 is 4.74 Å². The Hall–Kier alpha value is -2.29. The summed E-state index contributed by atoms with van der Waals surface area (Å²) in [5.74, 6) is 0.331. The SMILES string of the molecule is CCOC(=O)c1cccc(OC(C)c2ccccc2)c1. The summed E-state index contributed by atoms with van der Waals surface area (Å²) in [5, 5.41) is 0. The minimum Gasteiger partial charge on any atom is -0.486 e. The fraction of sp³-hybridized carbons (Fsp3) is 0.235. The molecule has 0 saturated carbocycles. The van der Waals surface area contributed by atoms with E-state index in [4.69, 9.17) is 9.47 Å². The molecule has 0 bridgehead atoms. The predicted octanol–water partition coefficient (Wildman–Crippen LogP) is 4.00. The van der Waals surface area contributed by atoms with E-state index in [0.717, 1.165) is 5.56 Å². The zero-order chi connectivity index (χ0) is 14.4. The number of hydrogen-bond acceptors (Lipinski definition) is 3. The van der Waals surface area contributed by atoms with Gasteiger partial charge < -0.3 is 9.47 Å². The van der Waals surface area contributed by atoms with Crippen LogP contribution in [0.1, 0.15) is 35.9 Å². The van der Waals surface area contributed by atoms with Crippen molar-refractivity contribution in [3.05, 3.63) is 65.7 Å². The molecule has 0 N–H and O–H groups in total. The van der Waals surface area contributed by atoms with Gasteiger partial charge in [-0.05, 0) is 37.6 Å². The monoisotopic (exact) mass is 270 g/mol. The largest absolute Gasteiger partial charge is 0.486 e. The van der Waals surface area contributed by atoms with Gasteiger partial charge in [0.1, 0.15) is 11.9 Å². The molecule has 3 heteroatoms. The summed E-state index contributed by atoms with van der Waals surface area (Å²) in [6, 6.07) is 17.0. The van der Waals surface area contributed by atoms with E-state index in [1.54, 1.807) is 25.1 Å². The summed E-state index contributed by atoms with van der Waals surface area (Å²) in [6.07, 6.45) is -0.0753. The number of ether oxygens (including phenoxy) is 2. The molecule has 0 heterocycles. The van der Waals surface area contributed by atoms with Crippen molar-refractivity contribution in [1.29, 1.82) is 0 Å². The number of esters is 1. The molecule has 1 unspecified atom stereocenters. The van der Waals surface area contributed by atoms with E-state index in [1.165, 1.54) is 0 Å². The summed E-state index contributed by atoms with van der Waals surface area (Å²) in [7, 11) is 0. The van der Waals surface area contributed by atoms with E-state index >= 15 is 0 Å². The van der Waals surface area contributed by atoms with Crippen LogP contribution in [-0.4, -0.2) is 12.6 Å². The smallest absolute Gasteiger partial charge is 0.338 e. The van der Waals surface area contributed by atoms with E-state index in [1.807, 2.05) is 43.3 Å². The van der Waals surface area contributed by atoms with Crippen LogP contribution in [-0.2, 0) is 4.74 Å². The highest BCUT2D eigenvalue weighted by Crippen LogP contribution is 2.22. The first kappa shape index (κ1) is 14.1. The van der Waals surface area contributed by atoms with Crippen LogP contribution >= 0.6 is 0 Å². The Morgan fingerprint density at radius 1 is 1.10 bits per heavy atom. The third kappa shape index (κ3) is 3.60. The normalized spacial score (nSPS) is 11.7. The van der Waals surface area contributed by atoms with Gasteiger partial charge in [-0.1, -0.05) is 36.4 Å². The molecular formula is C17H18O3. The van der Waals surface area contributed by atoms with Gasteiger partial charge in [0.2, 0.25) is 0 Å². The van der Waals surface area contributed by atoms with Gasteiger partial charge in [0.15, 0.2) is 0 Å². The van der Waals surface area contributed by atoms with Crippen molar-refractivity contribution >= 4 is 5.97 Å². The lowest BCUT2D eigenvalue weighted by Gasteiger charge is -2.15. The van der Waals surface area contributed by atoms with Crippen molar-refractivity contribution in [3.8, 4) is 5.75 Å². The van der Waals surface area contributed by atoms with E-state index in [0.29, 0.717) is 17.9 Å². The van der Waals surface area contributed by atoms with Gasteiger partial charge in [0.05, 0.1) is 12.2 Å². The van der Waals surface area contributed by atoms with Gasteiger partial charge in [0, 0.05) is 0 Å². The van der Waals surface area contributed by atoms with Gasteiger partial charge in [-0.15, -0.1) is 0 Å². The molecule has 0 aliphatic carbocycles. The summed E-state index contributed by atoms with van der Waals surface area (Å²) in [5.41, 5.74) is 1.60. The molecule has 0 radical (unpaired) electrons. The van der Waals surface area contributed by atoms with Crippen LogP contribution in [0.5, 0.6) is 5.75 Å². The molecule has 0 aliphatic rings. The van der Waals surface area contributed by atoms with Crippen molar-refractivity contribution < 1.29 is 14.3 Å². The predicted molar refractivity (Wildman–Crippen MR) is 77.9 cm³/mol. The van der Waals surface area contributed by atoms with E-state index in [9.17, 15) is 4.79 Å². The second-order valence-electron chi connectivity index (χ2n) is 4.42. The molecule has 3 nitrogen and oxygen atoms in total. The molecule has 0 aliphatic heterocycles. The molecule has 0 amide bonds. The van der Waals surface area contributed by atoms with Crippen molar-refractivity contribution in [2.24, 2.45) is 0 Å². The summed E-state index contributed by atoms with van der Waals surface area (Å²) >= 11 is 0. The van der Waals surface area contributed by atoms with Crippen LogP contribution in [0.3, 0.4) is 0 Å². The molecule has 2 aromatic carbocycles. The van der Waals surface area contributed by atoms with Gasteiger partial charge in [-0.3, -0.25) is 0 Å². The fourth-order valence-electron chi connectivity index (χ4n) is 1.91. The molecule has 0 spiro atoms. The second-order valence-corrected chi connectivity index (χ2v) is 4.42. The van der Waals surface area contributed by atoms with Gasteiger partial charge >= 0.3 is 5.97 Å². The number of benzene rings is 2. The van der Waals surface area contributed by atoms with Crippen LogP contribution in [0.2, 0.25) is 0 Å². The maximum absolute atomic E-state index is 11.7. The Morgan fingerprint density at radius 2 is 1.85 bits per heavy atom. The Labute approximate surface area is 119 Å². The molecule has 0 saturated heterocycles. The zero-order valence-electron chi connectivity index (χ0n) is 11.7. The van der Waals surface area contributed by atoms with Crippen molar-refractivity contribution in [2.45, 2.75) is 20.0 Å². The summed E-state index contributed by atoms with van der Waals surface area (Å²) in [6.45, 7) is 4.13. The van der Waals surface area contributed by atoms with Crippen molar-refractivity contribution in [3.63, 3.8) is 0 Å². The average molecular weight is 270 g/mol. The van der Waals surface area contributed by atoms with Gasteiger partial charge in [0.25, 0.3) is 0 Å². The van der Waals surface area contributed by atoms with E-state index in [-0.39, 0.29) is 12.1 Å². The quantitative estimate of drug-likeness (QED) is 0.770. The topological polar surface area (TPSA) is 35.5 Å². The highest BCUT2D eigenvalue weighted by Gasteiger charge is 2.10. The van der Waals surface area contributed by atoms with Crippen LogP contribution in [0.25, 0.3) is 0 Å². The lowest BCUT2D eigenvalue weighted by molar-refractivity contribution is 0.0525. The number of carbonyl (C=O) groups excluding carboxylic acids is 1. The third-order valence-corrected chi connectivity index (χ3v) is 2.93. The number of carbonyl (C=O) groups is 1. The molecule has 20 heavy (non-hydrogen) atoms. The fourth-order valence-corrected chi connectivity index (χ4v) is 1.91. The molecule has 0 aromatic heterocycles. The average Bonchev–Trinajstić information content (AvgIpc) is 2.48. The van der Waals surface area contributed by atoms with E-state index in [2.05, 4.69) is 0 Å². The van der Waals surface area contributed by atoms with Crippen LogP contribution in [0.15, 0.2) is 54.6 Å². The minimum atomic E-state index is -0.328. The van der Waals surface area contributed by atoms with Crippen molar-refractivity contribution in [2.75, 3.05) is 6.61 Å². The van der Waals surface area contributed by atoms with Crippen molar-refractivity contribution in [1.82, 2.24) is 0 Å². The molecule has 1 atom stereocenters. The second kappa shape index (κ2) is 6.75. The Bertz CT molecular complexity index is 563. The standard InChI is InChI=1S/C17H18O3/c1-3-19-17(18)15-10-7-11-16(12-15)20-13(2)14-8-5-4-6-9-14/h4-13H,3H2,1-2H3. The van der Waals surface area contributed by atoms with E-state index < -0.39 is 0 Å². The molecule has 2 rings (SSSR count). The molecule has 2 aromatic rings. The number of rotatable bonds is 5. The van der Waals surface area contributed by atoms with Gasteiger partial charge in [-0.25, -0.2) is 4.79 Å². The van der Waals surface area contributed by atoms with Crippen LogP contribution in [0, 0.1) is 0 Å². The summed E-state index contributed by atoms with van der Waals surface area (Å²) < 4.78 is 10.8. The maximum atomic E-state index is 11.7.